The van der Waals surface area contributed by atoms with Crippen LogP contribution in [0.4, 0.5) is 5.69 Å². The Balaban J connectivity index is 2.26. The molecule has 0 spiro atoms. The fourth-order valence-corrected chi connectivity index (χ4v) is 2.75. The molecule has 0 fully saturated rings. The fourth-order valence-electron chi connectivity index (χ4n) is 2.75. The van der Waals surface area contributed by atoms with Gasteiger partial charge in [-0.15, -0.1) is 6.58 Å². The molecule has 0 bridgehead atoms. The van der Waals surface area contributed by atoms with Gasteiger partial charge in [0, 0.05) is 11.6 Å². The lowest BCUT2D eigenvalue weighted by Crippen LogP contribution is -2.42. The normalized spacial score (nSPS) is 19.1. The number of fused-ring (bicyclic) bond motifs is 1. The highest BCUT2D eigenvalue weighted by molar-refractivity contribution is 5.97. The summed E-state index contributed by atoms with van der Waals surface area (Å²) in [7, 11) is 0. The van der Waals surface area contributed by atoms with Crippen LogP contribution >= 0.6 is 0 Å². The average molecular weight is 259 g/mol. The molecule has 2 atom stereocenters. The van der Waals surface area contributed by atoms with Crippen molar-refractivity contribution >= 4 is 11.6 Å². The Hall–Kier alpha value is -1.61. The van der Waals surface area contributed by atoms with Crippen molar-refractivity contribution in [1.29, 1.82) is 0 Å². The van der Waals surface area contributed by atoms with Crippen LogP contribution in [0.25, 0.3) is 0 Å². The molecule has 0 aliphatic carbocycles. The van der Waals surface area contributed by atoms with E-state index < -0.39 is 0 Å². The maximum Gasteiger partial charge on any atom is 0.230 e. The quantitative estimate of drug-likeness (QED) is 0.844. The third kappa shape index (κ3) is 2.71. The first-order chi connectivity index (χ1) is 9.04. The Bertz CT molecular complexity index is 495. The minimum Gasteiger partial charge on any atom is -0.394 e. The molecule has 1 heterocycles. The van der Waals surface area contributed by atoms with E-state index in [4.69, 9.17) is 0 Å². The van der Waals surface area contributed by atoms with E-state index in [0.29, 0.717) is 6.42 Å². The molecule has 1 aromatic rings. The van der Waals surface area contributed by atoms with E-state index in [1.807, 2.05) is 38.1 Å². The van der Waals surface area contributed by atoms with E-state index in [-0.39, 0.29) is 24.5 Å². The van der Waals surface area contributed by atoms with Crippen LogP contribution in [0.15, 0.2) is 36.4 Å². The number of benzene rings is 1. The van der Waals surface area contributed by atoms with Gasteiger partial charge in [0.15, 0.2) is 0 Å². The topological polar surface area (TPSA) is 40.5 Å². The molecule has 0 saturated heterocycles. The predicted molar refractivity (Wildman–Crippen MR) is 77.1 cm³/mol. The minimum absolute atomic E-state index is 0.000210. The summed E-state index contributed by atoms with van der Waals surface area (Å²) in [5.41, 5.74) is 3.09. The zero-order chi connectivity index (χ0) is 14.0. The second-order valence-electron chi connectivity index (χ2n) is 5.44. The Kier molecular flexibility index (Phi) is 4.05. The molecule has 1 N–H and O–H groups in total. The Morgan fingerprint density at radius 3 is 2.84 bits per heavy atom. The van der Waals surface area contributed by atoms with Gasteiger partial charge in [0.25, 0.3) is 0 Å². The van der Waals surface area contributed by atoms with Crippen molar-refractivity contribution in [2.45, 2.75) is 32.7 Å². The second-order valence-corrected chi connectivity index (χ2v) is 5.44. The maximum absolute atomic E-state index is 12.6. The van der Waals surface area contributed by atoms with Crippen molar-refractivity contribution < 1.29 is 9.90 Å². The Morgan fingerprint density at radius 2 is 2.21 bits per heavy atom. The molecule has 19 heavy (non-hydrogen) atoms. The largest absolute Gasteiger partial charge is 0.394 e. The van der Waals surface area contributed by atoms with Crippen molar-refractivity contribution in [2.24, 2.45) is 5.92 Å². The van der Waals surface area contributed by atoms with Crippen molar-refractivity contribution in [3.63, 3.8) is 0 Å². The lowest BCUT2D eigenvalue weighted by molar-refractivity contribution is -0.122. The summed E-state index contributed by atoms with van der Waals surface area (Å²) < 4.78 is 0. The SMILES string of the molecule is C=C(C)CC(C)C(=O)N1c2ccccc2CC1CO. The number of anilines is 1. The van der Waals surface area contributed by atoms with Gasteiger partial charge in [0.05, 0.1) is 12.6 Å². The molecule has 3 nitrogen and oxygen atoms in total. The number of amides is 1. The highest BCUT2D eigenvalue weighted by atomic mass is 16.3. The highest BCUT2D eigenvalue weighted by Crippen LogP contribution is 2.33. The Morgan fingerprint density at radius 1 is 1.53 bits per heavy atom. The van der Waals surface area contributed by atoms with Crippen molar-refractivity contribution in [2.75, 3.05) is 11.5 Å². The predicted octanol–water partition coefficient (Wildman–Crippen LogP) is 2.54. The van der Waals surface area contributed by atoms with Crippen LogP contribution in [0.3, 0.4) is 0 Å². The van der Waals surface area contributed by atoms with Crippen LogP contribution in [0.5, 0.6) is 0 Å². The summed E-state index contributed by atoms with van der Waals surface area (Å²) in [6.45, 7) is 7.73. The minimum atomic E-state index is -0.127. The first kappa shape index (κ1) is 13.8. The molecule has 1 aliphatic rings. The van der Waals surface area contributed by atoms with Gasteiger partial charge in [-0.2, -0.15) is 0 Å². The molecule has 102 valence electrons. The first-order valence-corrected chi connectivity index (χ1v) is 6.70. The van der Waals surface area contributed by atoms with Crippen LogP contribution in [0, 0.1) is 5.92 Å². The van der Waals surface area contributed by atoms with Crippen LogP contribution in [-0.2, 0) is 11.2 Å². The summed E-state index contributed by atoms with van der Waals surface area (Å²) >= 11 is 0. The molecule has 3 heteroatoms. The van der Waals surface area contributed by atoms with Gasteiger partial charge in [-0.1, -0.05) is 30.7 Å². The van der Waals surface area contributed by atoms with E-state index in [2.05, 4.69) is 6.58 Å². The van der Waals surface area contributed by atoms with Crippen molar-refractivity contribution in [1.82, 2.24) is 0 Å². The number of allylic oxidation sites excluding steroid dienone is 1. The Labute approximate surface area is 114 Å². The van der Waals surface area contributed by atoms with Crippen molar-refractivity contribution in [3.05, 3.63) is 42.0 Å². The number of carbonyl (C=O) groups is 1. The van der Waals surface area contributed by atoms with Crippen LogP contribution < -0.4 is 4.90 Å². The smallest absolute Gasteiger partial charge is 0.230 e. The molecule has 1 aliphatic heterocycles. The lowest BCUT2D eigenvalue weighted by Gasteiger charge is -2.27. The summed E-state index contributed by atoms with van der Waals surface area (Å²) in [5.74, 6) is -0.0234. The van der Waals surface area contributed by atoms with E-state index >= 15 is 0 Å². The maximum atomic E-state index is 12.6. The van der Waals surface area contributed by atoms with Gasteiger partial charge in [-0.25, -0.2) is 0 Å². The molecule has 0 saturated carbocycles. The summed E-state index contributed by atoms with van der Waals surface area (Å²) in [6, 6.07) is 7.75. The number of aliphatic hydroxyl groups excluding tert-OH is 1. The number of para-hydroxylation sites is 1. The number of hydrogen-bond donors (Lipinski definition) is 1. The standard InChI is InChI=1S/C16H21NO2/c1-11(2)8-12(3)16(19)17-14(10-18)9-13-6-4-5-7-15(13)17/h4-7,12,14,18H,1,8-10H2,2-3H3. The molecule has 0 aromatic heterocycles. The second kappa shape index (κ2) is 5.57. The van der Waals surface area contributed by atoms with Crippen LogP contribution in [-0.4, -0.2) is 23.7 Å². The molecule has 0 radical (unpaired) electrons. The van der Waals surface area contributed by atoms with Gasteiger partial charge < -0.3 is 10.0 Å². The molecule has 1 aromatic carbocycles. The molecular formula is C16H21NO2. The van der Waals surface area contributed by atoms with Crippen LogP contribution in [0.1, 0.15) is 25.8 Å². The van der Waals surface area contributed by atoms with Gasteiger partial charge in [0.1, 0.15) is 0 Å². The van der Waals surface area contributed by atoms with E-state index in [9.17, 15) is 9.90 Å². The molecule has 1 amide bonds. The summed E-state index contributed by atoms with van der Waals surface area (Å²) in [5, 5.41) is 9.51. The van der Waals surface area contributed by atoms with Crippen molar-refractivity contribution in [3.8, 4) is 0 Å². The molecule has 2 unspecified atom stereocenters. The highest BCUT2D eigenvalue weighted by Gasteiger charge is 2.34. The van der Waals surface area contributed by atoms with Gasteiger partial charge in [-0.05, 0) is 31.4 Å². The zero-order valence-electron chi connectivity index (χ0n) is 11.6. The van der Waals surface area contributed by atoms with Crippen LogP contribution in [0.2, 0.25) is 0 Å². The number of rotatable bonds is 4. The lowest BCUT2D eigenvalue weighted by atomic mass is 10.0. The molecular weight excluding hydrogens is 238 g/mol. The third-order valence-electron chi connectivity index (χ3n) is 3.60. The van der Waals surface area contributed by atoms with E-state index in [1.165, 1.54) is 0 Å². The number of carbonyl (C=O) groups excluding carboxylic acids is 1. The third-order valence-corrected chi connectivity index (χ3v) is 3.60. The summed E-state index contributed by atoms with van der Waals surface area (Å²) in [6.07, 6.45) is 1.42. The molecule has 2 rings (SSSR count). The number of nitrogens with zero attached hydrogens (tertiary/aromatic N) is 1. The fraction of sp³-hybridized carbons (Fsp3) is 0.438. The van der Waals surface area contributed by atoms with Gasteiger partial charge in [0.2, 0.25) is 5.91 Å². The number of hydrogen-bond acceptors (Lipinski definition) is 2. The first-order valence-electron chi connectivity index (χ1n) is 6.70. The van der Waals surface area contributed by atoms with E-state index in [0.717, 1.165) is 23.2 Å². The average Bonchev–Trinajstić information content (AvgIpc) is 2.75. The number of aliphatic hydroxyl groups is 1. The zero-order valence-corrected chi connectivity index (χ0v) is 11.6. The van der Waals surface area contributed by atoms with Gasteiger partial charge >= 0.3 is 0 Å². The summed E-state index contributed by atoms with van der Waals surface area (Å²) in [4.78, 5) is 14.4. The monoisotopic (exact) mass is 259 g/mol. The van der Waals surface area contributed by atoms with E-state index in [1.54, 1.807) is 4.90 Å². The van der Waals surface area contributed by atoms with Gasteiger partial charge in [-0.3, -0.25) is 4.79 Å².